The molecule has 2 rings (SSSR count). The summed E-state index contributed by atoms with van der Waals surface area (Å²) in [5.41, 5.74) is 1.38. The first-order chi connectivity index (χ1) is 12.4. The molecule has 1 unspecified atom stereocenters. The van der Waals surface area contributed by atoms with Crippen molar-refractivity contribution in [3.05, 3.63) is 53.0 Å². The number of quaternary nitrogens is 1. The van der Waals surface area contributed by atoms with E-state index in [1.54, 1.807) is 32.2 Å². The van der Waals surface area contributed by atoms with Crippen LogP contribution >= 0.6 is 15.9 Å². The van der Waals surface area contributed by atoms with E-state index in [0.29, 0.717) is 11.4 Å². The van der Waals surface area contributed by atoms with E-state index in [-0.39, 0.29) is 24.4 Å². The maximum Gasteiger partial charge on any atom is 0.282 e. The van der Waals surface area contributed by atoms with Crippen LogP contribution in [-0.2, 0) is 9.59 Å². The van der Waals surface area contributed by atoms with Gasteiger partial charge in [0.25, 0.3) is 11.8 Å². The van der Waals surface area contributed by atoms with Gasteiger partial charge in [0.1, 0.15) is 5.75 Å². The van der Waals surface area contributed by atoms with E-state index in [0.717, 1.165) is 15.1 Å². The number of hydrogen-bond acceptors (Lipinski definition) is 3. The van der Waals surface area contributed by atoms with Crippen molar-refractivity contribution in [1.29, 1.82) is 0 Å². The molecular formula is C19H23BrN3O3+. The van der Waals surface area contributed by atoms with Gasteiger partial charge in [0.2, 0.25) is 0 Å². The molecule has 2 aromatic carbocycles. The first-order valence-corrected chi connectivity index (χ1v) is 9.01. The van der Waals surface area contributed by atoms with Gasteiger partial charge in [-0.1, -0.05) is 22.0 Å². The van der Waals surface area contributed by atoms with Gasteiger partial charge in [-0.2, -0.15) is 0 Å². The minimum absolute atomic E-state index is 0.140. The summed E-state index contributed by atoms with van der Waals surface area (Å²) in [7, 11) is 3.39. The third kappa shape index (κ3) is 5.86. The van der Waals surface area contributed by atoms with Gasteiger partial charge in [-0.05, 0) is 43.3 Å². The monoisotopic (exact) mass is 420 g/mol. The molecule has 2 amide bonds. The normalized spacial score (nSPS) is 12.8. The Hall–Kier alpha value is -2.38. The summed E-state index contributed by atoms with van der Waals surface area (Å²) in [6.07, 6.45) is 0. The number of carbonyl (C=O) groups excluding carboxylic acids is 2. The van der Waals surface area contributed by atoms with Gasteiger partial charge in [0.05, 0.1) is 14.2 Å². The minimum Gasteiger partial charge on any atom is -0.497 e. The zero-order chi connectivity index (χ0) is 19.1. The first-order valence-electron chi connectivity index (χ1n) is 8.21. The fraction of sp³-hybridized carbons (Fsp3) is 0.263. The van der Waals surface area contributed by atoms with Crippen molar-refractivity contribution in [2.24, 2.45) is 0 Å². The maximum absolute atomic E-state index is 12.4. The second-order valence-corrected chi connectivity index (χ2v) is 6.94. The smallest absolute Gasteiger partial charge is 0.282 e. The van der Waals surface area contributed by atoms with Gasteiger partial charge >= 0.3 is 0 Å². The number of benzene rings is 2. The molecule has 0 saturated heterocycles. The Morgan fingerprint density at radius 3 is 2.46 bits per heavy atom. The van der Waals surface area contributed by atoms with Crippen LogP contribution in [0.2, 0.25) is 0 Å². The number of amides is 2. The molecular weight excluding hydrogens is 398 g/mol. The SMILES string of the molecule is COc1cccc(NC(=O)C[NH+](C)[C@H](C)C(=O)Nc2ccc(Br)cc2)c1. The minimum atomic E-state index is -0.380. The number of carbonyl (C=O) groups is 2. The fourth-order valence-electron chi connectivity index (χ4n) is 2.32. The molecule has 7 heteroatoms. The number of halogens is 1. The summed E-state index contributed by atoms with van der Waals surface area (Å²) >= 11 is 3.36. The maximum atomic E-state index is 12.4. The number of anilines is 2. The largest absolute Gasteiger partial charge is 0.497 e. The summed E-state index contributed by atoms with van der Waals surface area (Å²) in [6.45, 7) is 1.97. The standard InChI is InChI=1S/C19H22BrN3O3/c1-13(19(25)22-15-9-7-14(20)8-10-15)23(2)12-18(24)21-16-5-4-6-17(11-16)26-3/h4-11,13H,12H2,1-3H3,(H,21,24)(H,22,25)/p+1/t13-/m1/s1. The zero-order valence-corrected chi connectivity index (χ0v) is 16.6. The molecule has 26 heavy (non-hydrogen) atoms. The Balaban J connectivity index is 1.88. The van der Waals surface area contributed by atoms with E-state index in [9.17, 15) is 9.59 Å². The molecule has 138 valence electrons. The number of rotatable bonds is 7. The van der Waals surface area contributed by atoms with Gasteiger partial charge in [-0.3, -0.25) is 9.59 Å². The van der Waals surface area contributed by atoms with E-state index >= 15 is 0 Å². The molecule has 2 atom stereocenters. The van der Waals surface area contributed by atoms with Gasteiger partial charge in [0, 0.05) is 21.9 Å². The van der Waals surface area contributed by atoms with Gasteiger partial charge in [0.15, 0.2) is 12.6 Å². The second kappa shape index (κ2) is 9.35. The van der Waals surface area contributed by atoms with Crippen molar-refractivity contribution < 1.29 is 19.2 Å². The van der Waals surface area contributed by atoms with Crippen molar-refractivity contribution in [2.75, 3.05) is 31.3 Å². The predicted molar refractivity (Wildman–Crippen MR) is 106 cm³/mol. The molecule has 0 fully saturated rings. The summed E-state index contributed by atoms with van der Waals surface area (Å²) in [4.78, 5) is 25.4. The van der Waals surface area contributed by atoms with Crippen LogP contribution in [0.4, 0.5) is 11.4 Å². The van der Waals surface area contributed by atoms with Gasteiger partial charge in [-0.25, -0.2) is 0 Å². The summed E-state index contributed by atoms with van der Waals surface area (Å²) < 4.78 is 6.08. The number of methoxy groups -OCH3 is 1. The average Bonchev–Trinajstić information content (AvgIpc) is 2.62. The Bertz CT molecular complexity index is 765. The van der Waals surface area contributed by atoms with Crippen LogP contribution in [0, 0.1) is 0 Å². The third-order valence-electron chi connectivity index (χ3n) is 4.04. The van der Waals surface area contributed by atoms with Crippen LogP contribution in [-0.4, -0.2) is 38.6 Å². The first kappa shape index (κ1) is 19.9. The topological polar surface area (TPSA) is 71.9 Å². The molecule has 0 bridgehead atoms. The highest BCUT2D eigenvalue weighted by atomic mass is 79.9. The summed E-state index contributed by atoms with van der Waals surface area (Å²) in [6, 6.07) is 14.1. The number of nitrogens with one attached hydrogen (secondary N) is 3. The third-order valence-corrected chi connectivity index (χ3v) is 4.57. The lowest BCUT2D eigenvalue weighted by atomic mass is 10.2. The van der Waals surface area contributed by atoms with E-state index in [2.05, 4.69) is 26.6 Å². The van der Waals surface area contributed by atoms with Crippen molar-refractivity contribution in [1.82, 2.24) is 0 Å². The van der Waals surface area contributed by atoms with Gasteiger partial charge in [-0.15, -0.1) is 0 Å². The lowest BCUT2D eigenvalue weighted by Gasteiger charge is -2.20. The Kier molecular flexibility index (Phi) is 7.17. The molecule has 6 nitrogen and oxygen atoms in total. The number of hydrogen-bond donors (Lipinski definition) is 3. The summed E-state index contributed by atoms with van der Waals surface area (Å²) in [5, 5.41) is 5.68. The van der Waals surface area contributed by atoms with Crippen molar-refractivity contribution in [3.8, 4) is 5.75 Å². The number of ether oxygens (including phenoxy) is 1. The molecule has 0 saturated carbocycles. The van der Waals surface area contributed by atoms with Crippen LogP contribution in [0.5, 0.6) is 5.75 Å². The van der Waals surface area contributed by atoms with Crippen LogP contribution in [0.3, 0.4) is 0 Å². The van der Waals surface area contributed by atoms with E-state index < -0.39 is 0 Å². The molecule has 0 heterocycles. The van der Waals surface area contributed by atoms with E-state index in [1.807, 2.05) is 37.4 Å². The molecule has 0 aliphatic carbocycles. The van der Waals surface area contributed by atoms with Crippen molar-refractivity contribution >= 4 is 39.1 Å². The van der Waals surface area contributed by atoms with Crippen molar-refractivity contribution in [3.63, 3.8) is 0 Å². The Morgan fingerprint density at radius 2 is 1.81 bits per heavy atom. The van der Waals surface area contributed by atoms with E-state index in [1.165, 1.54) is 0 Å². The highest BCUT2D eigenvalue weighted by molar-refractivity contribution is 9.10. The van der Waals surface area contributed by atoms with Crippen LogP contribution in [0.25, 0.3) is 0 Å². The van der Waals surface area contributed by atoms with E-state index in [4.69, 9.17) is 4.74 Å². The molecule has 0 aliphatic heterocycles. The predicted octanol–water partition coefficient (Wildman–Crippen LogP) is 1.94. The molecule has 0 spiro atoms. The number of likely N-dealkylation sites (N-methyl/N-ethyl adjacent to an activating group) is 1. The zero-order valence-electron chi connectivity index (χ0n) is 15.0. The quantitative estimate of drug-likeness (QED) is 0.640. The van der Waals surface area contributed by atoms with Crippen LogP contribution in [0.1, 0.15) is 6.92 Å². The molecule has 3 N–H and O–H groups in total. The lowest BCUT2D eigenvalue weighted by molar-refractivity contribution is -0.885. The fourth-order valence-corrected chi connectivity index (χ4v) is 2.58. The Labute approximate surface area is 161 Å². The molecule has 2 aromatic rings. The molecule has 0 radical (unpaired) electrons. The second-order valence-electron chi connectivity index (χ2n) is 6.02. The Morgan fingerprint density at radius 1 is 1.12 bits per heavy atom. The lowest BCUT2D eigenvalue weighted by Crippen LogP contribution is -3.14. The van der Waals surface area contributed by atoms with Gasteiger partial charge < -0.3 is 20.3 Å². The van der Waals surface area contributed by atoms with Crippen LogP contribution < -0.4 is 20.3 Å². The summed E-state index contributed by atoms with van der Waals surface area (Å²) in [5.74, 6) is 0.365. The molecule has 0 aliphatic rings. The highest BCUT2D eigenvalue weighted by Crippen LogP contribution is 2.16. The van der Waals surface area contributed by atoms with Crippen LogP contribution in [0.15, 0.2) is 53.0 Å². The van der Waals surface area contributed by atoms with Crippen molar-refractivity contribution in [2.45, 2.75) is 13.0 Å². The highest BCUT2D eigenvalue weighted by Gasteiger charge is 2.24. The molecule has 0 aromatic heterocycles. The average molecular weight is 421 g/mol.